The summed E-state index contributed by atoms with van der Waals surface area (Å²) in [5.41, 5.74) is 1.96. The zero-order chi connectivity index (χ0) is 21.9. The van der Waals surface area contributed by atoms with Crippen molar-refractivity contribution >= 4 is 11.7 Å². The van der Waals surface area contributed by atoms with Crippen molar-refractivity contribution in [3.8, 4) is 28.6 Å². The van der Waals surface area contributed by atoms with Gasteiger partial charge in [-0.05, 0) is 54.6 Å². The molecule has 2 amide bonds. The highest BCUT2D eigenvalue weighted by Gasteiger charge is 2.32. The molecule has 5 rings (SSSR count). The molecule has 0 spiro atoms. The molecule has 1 N–H and O–H groups in total. The van der Waals surface area contributed by atoms with Crippen LogP contribution >= 0.6 is 0 Å². The van der Waals surface area contributed by atoms with E-state index in [1.165, 1.54) is 12.1 Å². The highest BCUT2D eigenvalue weighted by Crippen LogP contribution is 2.25. The van der Waals surface area contributed by atoms with Crippen molar-refractivity contribution < 1.29 is 18.4 Å². The van der Waals surface area contributed by atoms with Crippen LogP contribution in [0.4, 0.5) is 14.9 Å². The second-order valence-corrected chi connectivity index (χ2v) is 7.27. The number of aromatic nitrogens is 3. The fourth-order valence-corrected chi connectivity index (χ4v) is 3.27. The summed E-state index contributed by atoms with van der Waals surface area (Å²) >= 11 is 0. The van der Waals surface area contributed by atoms with Gasteiger partial charge in [0, 0.05) is 23.6 Å². The van der Waals surface area contributed by atoms with Gasteiger partial charge in [-0.25, -0.2) is 9.18 Å². The summed E-state index contributed by atoms with van der Waals surface area (Å²) in [4.78, 5) is 22.3. The first-order chi connectivity index (χ1) is 15.6. The Hall–Kier alpha value is -4.27. The minimum Gasteiger partial charge on any atom is -0.487 e. The molecule has 2 aromatic heterocycles. The van der Waals surface area contributed by atoms with E-state index >= 15 is 0 Å². The Kier molecular flexibility index (Phi) is 5.20. The van der Waals surface area contributed by atoms with Gasteiger partial charge in [-0.1, -0.05) is 11.2 Å². The average Bonchev–Trinajstić information content (AvgIpc) is 3.27. The Morgan fingerprint density at radius 3 is 2.69 bits per heavy atom. The maximum atomic E-state index is 13.2. The van der Waals surface area contributed by atoms with Crippen LogP contribution < -0.4 is 10.1 Å². The first kappa shape index (κ1) is 19.7. The van der Waals surface area contributed by atoms with E-state index < -0.39 is 5.82 Å². The largest absolute Gasteiger partial charge is 0.487 e. The molecule has 1 fully saturated rings. The van der Waals surface area contributed by atoms with Crippen molar-refractivity contribution in [3.63, 3.8) is 0 Å². The molecule has 1 aliphatic heterocycles. The van der Waals surface area contributed by atoms with Gasteiger partial charge < -0.3 is 19.5 Å². The van der Waals surface area contributed by atoms with Crippen molar-refractivity contribution in [1.82, 2.24) is 20.0 Å². The Labute approximate surface area is 182 Å². The second kappa shape index (κ2) is 8.46. The maximum Gasteiger partial charge on any atom is 0.322 e. The number of ether oxygens (including phenoxy) is 1. The van der Waals surface area contributed by atoms with Crippen LogP contribution in [-0.2, 0) is 0 Å². The van der Waals surface area contributed by atoms with Gasteiger partial charge in [-0.15, -0.1) is 0 Å². The highest BCUT2D eigenvalue weighted by molar-refractivity contribution is 5.89. The lowest BCUT2D eigenvalue weighted by atomic mass is 10.1. The Morgan fingerprint density at radius 2 is 1.94 bits per heavy atom. The third-order valence-electron chi connectivity index (χ3n) is 4.96. The van der Waals surface area contributed by atoms with Crippen LogP contribution in [0, 0.1) is 5.82 Å². The van der Waals surface area contributed by atoms with Crippen LogP contribution in [0.25, 0.3) is 22.8 Å². The lowest BCUT2D eigenvalue weighted by molar-refractivity contribution is 0.0493. The Balaban J connectivity index is 1.14. The summed E-state index contributed by atoms with van der Waals surface area (Å²) in [6, 6.07) is 16.5. The lowest BCUT2D eigenvalue weighted by Gasteiger charge is -2.38. The van der Waals surface area contributed by atoms with Crippen LogP contribution in [0.3, 0.4) is 0 Å². The summed E-state index contributed by atoms with van der Waals surface area (Å²) < 4.78 is 24.5. The van der Waals surface area contributed by atoms with Crippen molar-refractivity contribution in [2.75, 3.05) is 18.4 Å². The first-order valence-electron chi connectivity index (χ1n) is 9.97. The van der Waals surface area contributed by atoms with Crippen molar-refractivity contribution in [2.24, 2.45) is 0 Å². The SMILES string of the molecule is O=C(Nc1cccc(F)c1)N1CC(Oc2ccc(-c3noc(-c4cccnc4)n3)cc2)C1. The molecule has 32 heavy (non-hydrogen) atoms. The van der Waals surface area contributed by atoms with Gasteiger partial charge in [-0.3, -0.25) is 4.98 Å². The number of hydrogen-bond acceptors (Lipinski definition) is 6. The normalized spacial score (nSPS) is 13.5. The molecule has 2 aromatic carbocycles. The van der Waals surface area contributed by atoms with Gasteiger partial charge in [0.25, 0.3) is 5.89 Å². The van der Waals surface area contributed by atoms with Crippen molar-refractivity contribution in [3.05, 3.63) is 78.9 Å². The summed E-state index contributed by atoms with van der Waals surface area (Å²) in [6.07, 6.45) is 3.23. The van der Waals surface area contributed by atoms with E-state index in [1.807, 2.05) is 30.3 Å². The van der Waals surface area contributed by atoms with E-state index in [2.05, 4.69) is 20.4 Å². The third-order valence-corrected chi connectivity index (χ3v) is 4.96. The maximum absolute atomic E-state index is 13.2. The predicted octanol–water partition coefficient (Wildman–Crippen LogP) is 4.23. The second-order valence-electron chi connectivity index (χ2n) is 7.27. The summed E-state index contributed by atoms with van der Waals surface area (Å²) in [5, 5.41) is 6.69. The molecule has 4 aromatic rings. The van der Waals surface area contributed by atoms with Gasteiger partial charge in [-0.2, -0.15) is 4.98 Å². The molecule has 0 radical (unpaired) electrons. The van der Waals surface area contributed by atoms with Crippen molar-refractivity contribution in [1.29, 1.82) is 0 Å². The van der Waals surface area contributed by atoms with Gasteiger partial charge in [0.1, 0.15) is 17.7 Å². The fraction of sp³-hybridized carbons (Fsp3) is 0.130. The molecule has 3 heterocycles. The number of pyridine rings is 1. The van der Waals surface area contributed by atoms with Gasteiger partial charge in [0.2, 0.25) is 5.82 Å². The molecule has 160 valence electrons. The molecule has 0 aliphatic carbocycles. The molecular weight excluding hydrogens is 413 g/mol. The smallest absolute Gasteiger partial charge is 0.322 e. The number of carbonyl (C=O) groups excluding carboxylic acids is 1. The number of nitrogens with one attached hydrogen (secondary N) is 1. The van der Waals surface area contributed by atoms with Crippen LogP contribution in [0.1, 0.15) is 0 Å². The molecular formula is C23H18FN5O3. The first-order valence-corrected chi connectivity index (χ1v) is 9.97. The molecule has 0 bridgehead atoms. The number of likely N-dealkylation sites (tertiary alicyclic amines) is 1. The van der Waals surface area contributed by atoms with Gasteiger partial charge in [0.15, 0.2) is 0 Å². The van der Waals surface area contributed by atoms with Gasteiger partial charge in [0.05, 0.1) is 18.7 Å². The Bertz CT molecular complexity index is 1220. The number of anilines is 1. The molecule has 1 aliphatic rings. The van der Waals surface area contributed by atoms with E-state index in [0.29, 0.717) is 36.2 Å². The fourth-order valence-electron chi connectivity index (χ4n) is 3.27. The quantitative estimate of drug-likeness (QED) is 0.508. The van der Waals surface area contributed by atoms with Crippen LogP contribution in [0.5, 0.6) is 5.75 Å². The number of carbonyl (C=O) groups is 1. The number of amides is 2. The van der Waals surface area contributed by atoms with Gasteiger partial charge >= 0.3 is 6.03 Å². The molecule has 0 saturated carbocycles. The summed E-state index contributed by atoms with van der Waals surface area (Å²) in [5.74, 6) is 1.16. The molecule has 8 nitrogen and oxygen atoms in total. The number of halogens is 1. The minimum atomic E-state index is -0.398. The molecule has 0 atom stereocenters. The Morgan fingerprint density at radius 1 is 1.09 bits per heavy atom. The summed E-state index contributed by atoms with van der Waals surface area (Å²) in [6.45, 7) is 0.893. The monoisotopic (exact) mass is 431 g/mol. The number of nitrogens with zero attached hydrogens (tertiary/aromatic N) is 4. The molecule has 1 saturated heterocycles. The highest BCUT2D eigenvalue weighted by atomic mass is 19.1. The van der Waals surface area contributed by atoms with E-state index in [9.17, 15) is 9.18 Å². The average molecular weight is 431 g/mol. The number of urea groups is 1. The van der Waals surface area contributed by atoms with Crippen LogP contribution in [-0.4, -0.2) is 45.2 Å². The number of rotatable bonds is 5. The third kappa shape index (κ3) is 4.27. The van der Waals surface area contributed by atoms with E-state index in [-0.39, 0.29) is 12.1 Å². The van der Waals surface area contributed by atoms with Crippen molar-refractivity contribution in [2.45, 2.75) is 6.10 Å². The zero-order valence-electron chi connectivity index (χ0n) is 16.8. The molecule has 9 heteroatoms. The predicted molar refractivity (Wildman–Crippen MR) is 114 cm³/mol. The lowest BCUT2D eigenvalue weighted by Crippen LogP contribution is -2.57. The summed E-state index contributed by atoms with van der Waals surface area (Å²) in [7, 11) is 0. The molecule has 0 unspecified atom stereocenters. The van der Waals surface area contributed by atoms with Crippen LogP contribution in [0.15, 0.2) is 77.6 Å². The minimum absolute atomic E-state index is 0.110. The van der Waals surface area contributed by atoms with E-state index in [1.54, 1.807) is 35.5 Å². The number of benzene rings is 2. The standard InChI is InChI=1S/C23H18FN5O3/c24-17-4-1-5-18(11-17)26-23(30)29-13-20(14-29)31-19-8-6-15(7-9-19)21-27-22(32-28-21)16-3-2-10-25-12-16/h1-12,20H,13-14H2,(H,26,30). The topological polar surface area (TPSA) is 93.4 Å². The van der Waals surface area contributed by atoms with Crippen LogP contribution in [0.2, 0.25) is 0 Å². The van der Waals surface area contributed by atoms with E-state index in [4.69, 9.17) is 9.26 Å². The zero-order valence-corrected chi connectivity index (χ0v) is 16.8. The van der Waals surface area contributed by atoms with E-state index in [0.717, 1.165) is 11.1 Å². The number of hydrogen-bond donors (Lipinski definition) is 1.